The van der Waals surface area contributed by atoms with Gasteiger partial charge in [-0.2, -0.15) is 0 Å². The lowest BCUT2D eigenvalue weighted by Gasteiger charge is -2.22. The van der Waals surface area contributed by atoms with Crippen molar-refractivity contribution < 1.29 is 19.8 Å². The number of carboxylic acid groups (broad SMARTS) is 2. The summed E-state index contributed by atoms with van der Waals surface area (Å²) in [5.41, 5.74) is 9.36. The van der Waals surface area contributed by atoms with Gasteiger partial charge in [0, 0.05) is 10.8 Å². The van der Waals surface area contributed by atoms with Crippen LogP contribution in [0.15, 0.2) is 72.8 Å². The summed E-state index contributed by atoms with van der Waals surface area (Å²) >= 11 is 0. The van der Waals surface area contributed by atoms with Gasteiger partial charge in [0.15, 0.2) is 0 Å². The Hall–Kier alpha value is -5.10. The van der Waals surface area contributed by atoms with Crippen molar-refractivity contribution >= 4 is 57.0 Å². The molecule has 0 fully saturated rings. The van der Waals surface area contributed by atoms with Crippen molar-refractivity contribution in [3.8, 4) is 0 Å². The van der Waals surface area contributed by atoms with E-state index in [9.17, 15) is 19.8 Å². The van der Waals surface area contributed by atoms with Crippen LogP contribution in [0.25, 0.3) is 45.1 Å². The molecule has 0 unspecified atom stereocenters. The first kappa shape index (κ1) is 25.8. The number of para-hydroxylation sites is 2. The number of nitrogens with zero attached hydrogens (tertiary/aromatic N) is 2. The second-order valence-electron chi connectivity index (χ2n) is 11.0. The minimum absolute atomic E-state index is 0.358. The number of carbonyl (C=O) groups is 2. The molecule has 0 atom stereocenters. The smallest absolute Gasteiger partial charge is 0.336 e. The molecule has 0 radical (unpaired) electrons. The van der Waals surface area contributed by atoms with Gasteiger partial charge in [0.1, 0.15) is 0 Å². The summed E-state index contributed by atoms with van der Waals surface area (Å²) in [5.74, 6) is -1.83. The molecule has 2 aromatic heterocycles. The molecule has 42 heavy (non-hydrogen) atoms. The number of pyridine rings is 2. The van der Waals surface area contributed by atoms with Crippen LogP contribution in [-0.2, 0) is 12.8 Å². The maximum atomic E-state index is 12.3. The Morgan fingerprint density at radius 1 is 0.595 bits per heavy atom. The summed E-state index contributed by atoms with van der Waals surface area (Å²) in [6, 6.07) is 23.1. The summed E-state index contributed by atoms with van der Waals surface area (Å²) in [6.07, 6.45) is 9.01. The zero-order valence-corrected chi connectivity index (χ0v) is 22.9. The van der Waals surface area contributed by atoms with E-state index in [0.717, 1.165) is 70.5 Å². The third kappa shape index (κ3) is 4.45. The molecule has 2 aliphatic carbocycles. The minimum atomic E-state index is -0.917. The highest BCUT2D eigenvalue weighted by Crippen LogP contribution is 2.38. The quantitative estimate of drug-likeness (QED) is 0.235. The lowest BCUT2D eigenvalue weighted by Crippen LogP contribution is -2.13. The van der Waals surface area contributed by atoms with E-state index in [-0.39, 0.29) is 0 Å². The third-order valence-electron chi connectivity index (χ3n) is 8.36. The maximum Gasteiger partial charge on any atom is 0.336 e. The number of carboxylic acids is 2. The molecule has 206 valence electrons. The van der Waals surface area contributed by atoms with Crippen LogP contribution in [0.5, 0.6) is 0 Å². The third-order valence-corrected chi connectivity index (χ3v) is 8.36. The van der Waals surface area contributed by atoms with Crippen LogP contribution in [0.2, 0.25) is 0 Å². The van der Waals surface area contributed by atoms with Gasteiger partial charge >= 0.3 is 11.9 Å². The zero-order chi connectivity index (χ0) is 28.8. The highest BCUT2D eigenvalue weighted by molar-refractivity contribution is 6.07. The average Bonchev–Trinajstić information content (AvgIpc) is 2.99. The average molecular weight is 553 g/mol. The molecule has 6 nitrogen and oxygen atoms in total. The van der Waals surface area contributed by atoms with Crippen LogP contribution in [0.4, 0.5) is 0 Å². The van der Waals surface area contributed by atoms with E-state index < -0.39 is 11.9 Å². The molecule has 2 heterocycles. The molecule has 0 spiro atoms. The zero-order valence-electron chi connectivity index (χ0n) is 22.9. The number of fused-ring (bicyclic) bond motifs is 4. The summed E-state index contributed by atoms with van der Waals surface area (Å²) in [7, 11) is 0. The molecule has 7 rings (SSSR count). The van der Waals surface area contributed by atoms with Gasteiger partial charge in [-0.1, -0.05) is 54.6 Å². The summed E-state index contributed by atoms with van der Waals surface area (Å²) in [4.78, 5) is 34.5. The molecule has 0 saturated heterocycles. The van der Waals surface area contributed by atoms with Gasteiger partial charge in [-0.3, -0.25) is 0 Å². The topological polar surface area (TPSA) is 100 Å². The Balaban J connectivity index is 1.31. The van der Waals surface area contributed by atoms with Gasteiger partial charge in [0.25, 0.3) is 0 Å². The molecule has 6 heteroatoms. The molecule has 0 saturated carbocycles. The fraction of sp³-hybridized carbons (Fsp3) is 0.167. The number of rotatable bonds is 4. The van der Waals surface area contributed by atoms with Gasteiger partial charge in [-0.25, -0.2) is 19.6 Å². The van der Waals surface area contributed by atoms with Crippen LogP contribution in [-0.4, -0.2) is 32.1 Å². The normalized spacial score (nSPS) is 16.5. The summed E-state index contributed by atoms with van der Waals surface area (Å²) < 4.78 is 0. The van der Waals surface area contributed by atoms with Crippen molar-refractivity contribution in [1.29, 1.82) is 0 Å². The second-order valence-corrected chi connectivity index (χ2v) is 11.0. The molecular weight excluding hydrogens is 524 g/mol. The first-order chi connectivity index (χ1) is 20.5. The van der Waals surface area contributed by atoms with Crippen molar-refractivity contribution in [2.45, 2.75) is 38.5 Å². The highest BCUT2D eigenvalue weighted by atomic mass is 16.4. The Kier molecular flexibility index (Phi) is 6.39. The van der Waals surface area contributed by atoms with E-state index in [1.807, 2.05) is 66.7 Å². The van der Waals surface area contributed by atoms with Crippen molar-refractivity contribution in [1.82, 2.24) is 9.97 Å². The van der Waals surface area contributed by atoms with Gasteiger partial charge in [-0.05, 0) is 102 Å². The number of hydrogen-bond acceptors (Lipinski definition) is 4. The first-order valence-electron chi connectivity index (χ1n) is 14.3. The lowest BCUT2D eigenvalue weighted by molar-refractivity contribution is 0.0686. The molecule has 0 amide bonds. The first-order valence-corrected chi connectivity index (χ1v) is 14.3. The molecule has 0 aliphatic heterocycles. The number of aromatic carboxylic acids is 2. The Morgan fingerprint density at radius 2 is 1.05 bits per heavy atom. The fourth-order valence-corrected chi connectivity index (χ4v) is 6.58. The SMILES string of the molecule is O=C(O)c1c2c(nc3ccccc13)C(=Cc1cccc(C=C3CCCc4c3nc3ccccc3c4C(=O)O)c1)CCC2. The van der Waals surface area contributed by atoms with Crippen molar-refractivity contribution in [2.75, 3.05) is 0 Å². The minimum Gasteiger partial charge on any atom is -0.478 e. The summed E-state index contributed by atoms with van der Waals surface area (Å²) in [5, 5.41) is 21.5. The molecule has 5 aromatic rings. The van der Waals surface area contributed by atoms with Crippen LogP contribution >= 0.6 is 0 Å². The van der Waals surface area contributed by atoms with Crippen LogP contribution in [0.3, 0.4) is 0 Å². The van der Waals surface area contributed by atoms with E-state index in [1.54, 1.807) is 0 Å². The standard InChI is InChI=1S/C36H28N2O4/c39-35(40)31-25-12-1-3-16-29(25)37-33-23(10-6-14-27(31)33)19-21-8-5-9-22(18-21)20-24-11-7-15-28-32(36(41)42)26-13-2-4-17-30(26)38-34(24)28/h1-5,8-9,12-13,16-20H,6-7,10-11,14-15H2,(H,39,40)(H,41,42). The number of hydrogen-bond donors (Lipinski definition) is 2. The number of allylic oxidation sites excluding steroid dienone is 2. The second kappa shape index (κ2) is 10.4. The monoisotopic (exact) mass is 552 g/mol. The van der Waals surface area contributed by atoms with E-state index in [1.165, 1.54) is 0 Å². The Labute approximate surface area is 242 Å². The van der Waals surface area contributed by atoms with Crippen LogP contribution in [0, 0.1) is 0 Å². The molecular formula is C36H28N2O4. The van der Waals surface area contributed by atoms with E-state index >= 15 is 0 Å². The van der Waals surface area contributed by atoms with E-state index in [2.05, 4.69) is 18.2 Å². The maximum absolute atomic E-state index is 12.3. The van der Waals surface area contributed by atoms with Gasteiger partial charge < -0.3 is 10.2 Å². The van der Waals surface area contributed by atoms with E-state index in [4.69, 9.17) is 9.97 Å². The Morgan fingerprint density at radius 3 is 1.50 bits per heavy atom. The lowest BCUT2D eigenvalue weighted by atomic mass is 9.85. The van der Waals surface area contributed by atoms with E-state index in [0.29, 0.717) is 45.8 Å². The van der Waals surface area contributed by atoms with Gasteiger partial charge in [-0.15, -0.1) is 0 Å². The molecule has 3 aromatic carbocycles. The fourth-order valence-electron chi connectivity index (χ4n) is 6.58. The summed E-state index contributed by atoms with van der Waals surface area (Å²) in [6.45, 7) is 0. The van der Waals surface area contributed by atoms with Crippen LogP contribution < -0.4 is 0 Å². The molecule has 0 bridgehead atoms. The molecule has 2 aliphatic rings. The van der Waals surface area contributed by atoms with Crippen molar-refractivity contribution in [3.63, 3.8) is 0 Å². The largest absolute Gasteiger partial charge is 0.478 e. The highest BCUT2D eigenvalue weighted by Gasteiger charge is 2.26. The van der Waals surface area contributed by atoms with Gasteiger partial charge in [0.2, 0.25) is 0 Å². The van der Waals surface area contributed by atoms with Crippen molar-refractivity contribution in [3.05, 3.63) is 118 Å². The predicted molar refractivity (Wildman–Crippen MR) is 165 cm³/mol. The number of benzene rings is 3. The van der Waals surface area contributed by atoms with Crippen molar-refractivity contribution in [2.24, 2.45) is 0 Å². The van der Waals surface area contributed by atoms with Crippen LogP contribution in [0.1, 0.15) is 80.0 Å². The predicted octanol–water partition coefficient (Wildman–Crippen LogP) is 7.93. The molecule has 2 N–H and O–H groups in total. The Bertz CT molecular complexity index is 1860. The van der Waals surface area contributed by atoms with Gasteiger partial charge in [0.05, 0.1) is 33.5 Å². The number of aromatic nitrogens is 2.